The molecule has 0 unspecified atom stereocenters. The van der Waals surface area contributed by atoms with Crippen molar-refractivity contribution in [3.8, 4) is 17.0 Å². The number of aromatic nitrogens is 2. The minimum Gasteiger partial charge on any atom is -0.489 e. The van der Waals surface area contributed by atoms with Crippen LogP contribution in [-0.2, 0) is 0 Å². The molecule has 2 rings (SSSR count). The Hall–Kier alpha value is -2.56. The monoisotopic (exact) mass is 257 g/mol. The van der Waals surface area contributed by atoms with Crippen molar-refractivity contribution in [2.45, 2.75) is 6.92 Å². The van der Waals surface area contributed by atoms with Crippen LogP contribution in [0, 0.1) is 0 Å². The number of aromatic amines is 1. The second-order valence-corrected chi connectivity index (χ2v) is 4.29. The van der Waals surface area contributed by atoms with Crippen LogP contribution in [0.5, 0.6) is 5.75 Å². The molecule has 98 valence electrons. The Balaban J connectivity index is 2.22. The molecule has 5 nitrogen and oxygen atoms in total. The van der Waals surface area contributed by atoms with Crippen LogP contribution in [0.1, 0.15) is 17.3 Å². The van der Waals surface area contributed by atoms with E-state index in [1.807, 2.05) is 31.2 Å². The second-order valence-electron chi connectivity index (χ2n) is 4.29. The number of rotatable bonds is 5. The fourth-order valence-electron chi connectivity index (χ4n) is 1.63. The summed E-state index contributed by atoms with van der Waals surface area (Å²) in [6, 6.07) is 7.33. The van der Waals surface area contributed by atoms with Crippen molar-refractivity contribution in [3.05, 3.63) is 42.0 Å². The van der Waals surface area contributed by atoms with Gasteiger partial charge in [-0.2, -0.15) is 5.10 Å². The molecule has 19 heavy (non-hydrogen) atoms. The van der Waals surface area contributed by atoms with Gasteiger partial charge in [-0.15, -0.1) is 0 Å². The Morgan fingerprint density at radius 1 is 1.47 bits per heavy atom. The fraction of sp³-hybridized carbons (Fsp3) is 0.143. The largest absolute Gasteiger partial charge is 0.489 e. The van der Waals surface area contributed by atoms with Crippen LogP contribution in [0.25, 0.3) is 11.3 Å². The zero-order valence-corrected chi connectivity index (χ0v) is 10.6. The predicted molar refractivity (Wildman–Crippen MR) is 74.1 cm³/mol. The van der Waals surface area contributed by atoms with Crippen molar-refractivity contribution in [2.24, 2.45) is 0 Å². The maximum atomic E-state index is 11.0. The third-order valence-corrected chi connectivity index (χ3v) is 2.58. The lowest BCUT2D eigenvalue weighted by Gasteiger charge is -2.06. The van der Waals surface area contributed by atoms with E-state index in [-0.39, 0.29) is 5.82 Å². The van der Waals surface area contributed by atoms with Crippen molar-refractivity contribution in [1.29, 1.82) is 0 Å². The number of carbonyl (C=O) groups is 1. The van der Waals surface area contributed by atoms with E-state index in [1.165, 1.54) is 0 Å². The van der Waals surface area contributed by atoms with E-state index < -0.39 is 0 Å². The molecule has 0 aliphatic heterocycles. The number of ether oxygens (including phenoxy) is 1. The van der Waals surface area contributed by atoms with Crippen LogP contribution < -0.4 is 10.5 Å². The molecule has 1 heterocycles. The molecule has 0 amide bonds. The summed E-state index contributed by atoms with van der Waals surface area (Å²) in [5.74, 6) is 0.944. The Morgan fingerprint density at radius 2 is 2.16 bits per heavy atom. The van der Waals surface area contributed by atoms with E-state index in [1.54, 1.807) is 0 Å². The number of H-pyrrole nitrogens is 1. The van der Waals surface area contributed by atoms with Gasteiger partial charge in [0.25, 0.3) is 0 Å². The van der Waals surface area contributed by atoms with Gasteiger partial charge in [0.05, 0.1) is 11.3 Å². The third kappa shape index (κ3) is 2.82. The summed E-state index contributed by atoms with van der Waals surface area (Å²) in [6.07, 6.45) is 0.694. The van der Waals surface area contributed by atoms with Gasteiger partial charge in [-0.1, -0.05) is 6.58 Å². The molecular weight excluding hydrogens is 242 g/mol. The molecular formula is C14H15N3O2. The normalized spacial score (nSPS) is 10.2. The minimum atomic E-state index is 0.201. The van der Waals surface area contributed by atoms with Crippen molar-refractivity contribution in [1.82, 2.24) is 10.2 Å². The minimum absolute atomic E-state index is 0.201. The average Bonchev–Trinajstić information content (AvgIpc) is 2.78. The predicted octanol–water partition coefficient (Wildman–Crippen LogP) is 2.43. The number of carbonyl (C=O) groups excluding carboxylic acids is 1. The van der Waals surface area contributed by atoms with Crippen LogP contribution in [0.15, 0.2) is 36.4 Å². The number of hydrogen-bond acceptors (Lipinski definition) is 4. The topological polar surface area (TPSA) is 81.0 Å². The summed E-state index contributed by atoms with van der Waals surface area (Å²) in [7, 11) is 0. The molecule has 0 atom stereocenters. The molecule has 0 bridgehead atoms. The maximum absolute atomic E-state index is 11.0. The van der Waals surface area contributed by atoms with Crippen LogP contribution in [0.2, 0.25) is 0 Å². The van der Waals surface area contributed by atoms with Gasteiger partial charge in [-0.05, 0) is 36.8 Å². The van der Waals surface area contributed by atoms with Gasteiger partial charge in [-0.25, -0.2) is 0 Å². The van der Waals surface area contributed by atoms with Gasteiger partial charge >= 0.3 is 0 Å². The van der Waals surface area contributed by atoms with Crippen LogP contribution in [-0.4, -0.2) is 23.1 Å². The number of anilines is 1. The van der Waals surface area contributed by atoms with Crippen molar-refractivity contribution >= 4 is 12.1 Å². The number of aldehydes is 1. The first-order chi connectivity index (χ1) is 9.11. The number of nitrogens with two attached hydrogens (primary N) is 1. The first-order valence-electron chi connectivity index (χ1n) is 5.78. The number of nitrogens with zero attached hydrogens (tertiary/aromatic N) is 1. The maximum Gasteiger partial charge on any atom is 0.156 e. The van der Waals surface area contributed by atoms with E-state index in [2.05, 4.69) is 16.8 Å². The van der Waals surface area contributed by atoms with Crippen LogP contribution in [0.3, 0.4) is 0 Å². The quantitative estimate of drug-likeness (QED) is 0.636. The molecule has 0 saturated heterocycles. The summed E-state index contributed by atoms with van der Waals surface area (Å²) in [4.78, 5) is 11.0. The number of hydrogen-bond donors (Lipinski definition) is 2. The molecule has 0 radical (unpaired) electrons. The Bertz CT molecular complexity index is 600. The van der Waals surface area contributed by atoms with Crippen LogP contribution in [0.4, 0.5) is 5.82 Å². The molecule has 1 aromatic heterocycles. The molecule has 2 aromatic rings. The summed E-state index contributed by atoms with van der Waals surface area (Å²) < 4.78 is 5.50. The highest BCUT2D eigenvalue weighted by Gasteiger charge is 2.11. The second kappa shape index (κ2) is 5.39. The first kappa shape index (κ1) is 12.9. The highest BCUT2D eigenvalue weighted by molar-refractivity contribution is 5.91. The summed E-state index contributed by atoms with van der Waals surface area (Å²) in [5, 5.41) is 6.57. The van der Waals surface area contributed by atoms with Gasteiger partial charge in [0.15, 0.2) is 12.1 Å². The van der Waals surface area contributed by atoms with Gasteiger partial charge in [0, 0.05) is 5.56 Å². The zero-order chi connectivity index (χ0) is 13.8. The number of nitrogen functional groups attached to an aromatic ring is 1. The third-order valence-electron chi connectivity index (χ3n) is 2.58. The van der Waals surface area contributed by atoms with Gasteiger partial charge < -0.3 is 10.5 Å². The van der Waals surface area contributed by atoms with E-state index in [0.29, 0.717) is 24.2 Å². The summed E-state index contributed by atoms with van der Waals surface area (Å²) in [6.45, 7) is 6.15. The van der Waals surface area contributed by atoms with Gasteiger partial charge in [0.1, 0.15) is 12.4 Å². The molecule has 0 aliphatic carbocycles. The first-order valence-corrected chi connectivity index (χ1v) is 5.78. The standard InChI is InChI=1S/C14H15N3O2/c1-9(2)8-19-11-5-3-10(4-6-11)13-12(7-18)14(15)17-16-13/h3-7H,1,8H2,2H3,(H3,15,16,17). The average molecular weight is 257 g/mol. The molecule has 3 N–H and O–H groups in total. The van der Waals surface area contributed by atoms with Crippen molar-refractivity contribution in [3.63, 3.8) is 0 Å². The molecule has 5 heteroatoms. The van der Waals surface area contributed by atoms with E-state index in [4.69, 9.17) is 10.5 Å². The van der Waals surface area contributed by atoms with Gasteiger partial charge in [-0.3, -0.25) is 9.89 Å². The molecule has 1 aromatic carbocycles. The van der Waals surface area contributed by atoms with Crippen molar-refractivity contribution < 1.29 is 9.53 Å². The van der Waals surface area contributed by atoms with Crippen molar-refractivity contribution in [2.75, 3.05) is 12.3 Å². The number of nitrogens with one attached hydrogen (secondary N) is 1. The van der Waals surface area contributed by atoms with E-state index >= 15 is 0 Å². The SMILES string of the molecule is C=C(C)COc1ccc(-c2[nH]nc(N)c2C=O)cc1. The summed E-state index contributed by atoms with van der Waals surface area (Å²) in [5.41, 5.74) is 8.35. The lowest BCUT2D eigenvalue weighted by molar-refractivity contribution is 0.112. The smallest absolute Gasteiger partial charge is 0.156 e. The Labute approximate surface area is 111 Å². The van der Waals surface area contributed by atoms with E-state index in [0.717, 1.165) is 16.9 Å². The highest BCUT2D eigenvalue weighted by atomic mass is 16.5. The molecule has 0 fully saturated rings. The lowest BCUT2D eigenvalue weighted by atomic mass is 10.1. The highest BCUT2D eigenvalue weighted by Crippen LogP contribution is 2.25. The Morgan fingerprint density at radius 3 is 2.74 bits per heavy atom. The lowest BCUT2D eigenvalue weighted by Crippen LogP contribution is -1.97. The van der Waals surface area contributed by atoms with E-state index in [9.17, 15) is 4.79 Å². The molecule has 0 spiro atoms. The molecule has 0 aliphatic rings. The zero-order valence-electron chi connectivity index (χ0n) is 10.6. The summed E-state index contributed by atoms with van der Waals surface area (Å²) >= 11 is 0. The van der Waals surface area contributed by atoms with Crippen LogP contribution >= 0.6 is 0 Å². The fourth-order valence-corrected chi connectivity index (χ4v) is 1.63. The number of benzene rings is 1. The Kier molecular flexibility index (Phi) is 3.66. The van der Waals surface area contributed by atoms with Gasteiger partial charge in [0.2, 0.25) is 0 Å². The molecule has 0 saturated carbocycles.